The van der Waals surface area contributed by atoms with Crippen molar-refractivity contribution in [3.63, 3.8) is 0 Å². The molecule has 1 N–H and O–H groups in total. The molecule has 1 amide bonds. The van der Waals surface area contributed by atoms with Gasteiger partial charge in [-0.1, -0.05) is 24.6 Å². The zero-order valence-electron chi connectivity index (χ0n) is 17.1. The van der Waals surface area contributed by atoms with E-state index in [4.69, 9.17) is 16.3 Å². The molecule has 2 aliphatic rings. The number of amides is 1. The number of halogens is 4. The molecule has 1 aromatic heterocycles. The zero-order valence-corrected chi connectivity index (χ0v) is 17.9. The van der Waals surface area contributed by atoms with Gasteiger partial charge in [0.15, 0.2) is 0 Å². The SMILES string of the molecule is CC[C@@H](C(=O)Nc1ccc(Cl)cn1)[C@H]1CC[C@]2(CC1)COc1cc(C(F)(F)F)ccc12. The summed E-state index contributed by atoms with van der Waals surface area (Å²) in [6, 6.07) is 7.17. The number of alkyl halides is 3. The van der Waals surface area contributed by atoms with Crippen LogP contribution in [0, 0.1) is 11.8 Å². The molecule has 31 heavy (non-hydrogen) atoms. The first-order valence-electron chi connectivity index (χ1n) is 10.5. The second-order valence-electron chi connectivity index (χ2n) is 8.48. The van der Waals surface area contributed by atoms with Crippen molar-refractivity contribution < 1.29 is 22.7 Å². The van der Waals surface area contributed by atoms with E-state index < -0.39 is 11.7 Å². The first-order chi connectivity index (χ1) is 14.7. The number of hydrogen-bond donors (Lipinski definition) is 1. The van der Waals surface area contributed by atoms with E-state index in [2.05, 4.69) is 10.3 Å². The Morgan fingerprint density at radius 3 is 2.65 bits per heavy atom. The highest BCUT2D eigenvalue weighted by atomic mass is 35.5. The molecular formula is C23H24ClF3N2O2. The first-order valence-corrected chi connectivity index (χ1v) is 10.9. The monoisotopic (exact) mass is 452 g/mol. The van der Waals surface area contributed by atoms with Crippen molar-refractivity contribution in [2.75, 3.05) is 11.9 Å². The lowest BCUT2D eigenvalue weighted by molar-refractivity contribution is -0.137. The van der Waals surface area contributed by atoms with Gasteiger partial charge in [-0.3, -0.25) is 4.79 Å². The van der Waals surface area contributed by atoms with Gasteiger partial charge in [-0.25, -0.2) is 4.98 Å². The van der Waals surface area contributed by atoms with Gasteiger partial charge in [0.25, 0.3) is 0 Å². The minimum atomic E-state index is -4.38. The minimum absolute atomic E-state index is 0.0591. The van der Waals surface area contributed by atoms with Gasteiger partial charge in [0, 0.05) is 23.1 Å². The van der Waals surface area contributed by atoms with Crippen LogP contribution in [0.4, 0.5) is 19.0 Å². The number of benzene rings is 1. The number of fused-ring (bicyclic) bond motifs is 2. The van der Waals surface area contributed by atoms with Crippen LogP contribution in [0.15, 0.2) is 36.5 Å². The van der Waals surface area contributed by atoms with Gasteiger partial charge < -0.3 is 10.1 Å². The zero-order chi connectivity index (χ0) is 22.2. The molecule has 1 aliphatic carbocycles. The number of anilines is 1. The van der Waals surface area contributed by atoms with Gasteiger partial charge in [0.2, 0.25) is 5.91 Å². The molecule has 0 saturated heterocycles. The predicted octanol–water partition coefficient (Wildman–Crippen LogP) is 6.24. The summed E-state index contributed by atoms with van der Waals surface area (Å²) in [7, 11) is 0. The van der Waals surface area contributed by atoms with E-state index in [0.29, 0.717) is 29.6 Å². The number of carbonyl (C=O) groups is 1. The van der Waals surface area contributed by atoms with E-state index in [0.717, 1.165) is 43.4 Å². The molecule has 1 fully saturated rings. The number of nitrogens with one attached hydrogen (secondary N) is 1. The summed E-state index contributed by atoms with van der Waals surface area (Å²) in [5, 5.41) is 3.38. The van der Waals surface area contributed by atoms with Crippen LogP contribution in [0.2, 0.25) is 5.02 Å². The molecule has 166 valence electrons. The number of hydrogen-bond acceptors (Lipinski definition) is 3. The van der Waals surface area contributed by atoms with Crippen molar-refractivity contribution in [2.24, 2.45) is 11.8 Å². The number of aromatic nitrogens is 1. The van der Waals surface area contributed by atoms with Crippen molar-refractivity contribution in [1.29, 1.82) is 0 Å². The third kappa shape index (κ3) is 4.38. The first kappa shape index (κ1) is 21.9. The van der Waals surface area contributed by atoms with Gasteiger partial charge in [-0.2, -0.15) is 13.2 Å². The van der Waals surface area contributed by atoms with Gasteiger partial charge in [-0.15, -0.1) is 0 Å². The molecule has 1 aromatic carbocycles. The molecule has 1 atom stereocenters. The Labute approximate surface area is 184 Å². The normalized spacial score (nSPS) is 23.8. The standard InChI is InChI=1S/C23H24ClF3N2O2/c1-2-17(21(30)29-20-6-4-16(24)12-28-20)14-7-9-22(10-8-14)13-31-19-11-15(23(25,26)27)3-5-18(19)22/h3-6,11-12,14,17H,2,7-10,13H2,1H3,(H,28,29,30)/t14-,17-,22-/m1/s1. The highest BCUT2D eigenvalue weighted by Crippen LogP contribution is 2.51. The van der Waals surface area contributed by atoms with Crippen LogP contribution >= 0.6 is 11.6 Å². The highest BCUT2D eigenvalue weighted by Gasteiger charge is 2.46. The van der Waals surface area contributed by atoms with Crippen molar-refractivity contribution in [3.8, 4) is 5.75 Å². The lowest BCUT2D eigenvalue weighted by Gasteiger charge is -2.38. The lowest BCUT2D eigenvalue weighted by Crippen LogP contribution is -2.38. The van der Waals surface area contributed by atoms with E-state index in [1.807, 2.05) is 6.92 Å². The molecular weight excluding hydrogens is 429 g/mol. The van der Waals surface area contributed by atoms with Crippen molar-refractivity contribution >= 4 is 23.3 Å². The number of carbonyl (C=O) groups excluding carboxylic acids is 1. The van der Waals surface area contributed by atoms with Crippen LogP contribution in [0.5, 0.6) is 5.75 Å². The molecule has 2 aromatic rings. The maximum absolute atomic E-state index is 13.0. The number of pyridine rings is 1. The van der Waals surface area contributed by atoms with Gasteiger partial charge in [-0.05, 0) is 62.3 Å². The fraction of sp³-hybridized carbons (Fsp3) is 0.478. The van der Waals surface area contributed by atoms with Crippen molar-refractivity contribution in [2.45, 2.75) is 50.6 Å². The molecule has 0 unspecified atom stereocenters. The van der Waals surface area contributed by atoms with Crippen LogP contribution in [-0.4, -0.2) is 17.5 Å². The third-order valence-corrected chi connectivity index (χ3v) is 6.92. The van der Waals surface area contributed by atoms with Crippen molar-refractivity contribution in [1.82, 2.24) is 4.98 Å². The number of ether oxygens (including phenoxy) is 1. The average molecular weight is 453 g/mol. The highest BCUT2D eigenvalue weighted by molar-refractivity contribution is 6.30. The van der Waals surface area contributed by atoms with Crippen LogP contribution in [-0.2, 0) is 16.4 Å². The number of nitrogens with zero attached hydrogens (tertiary/aromatic N) is 1. The second-order valence-corrected chi connectivity index (χ2v) is 8.92. The maximum atomic E-state index is 13.0. The van der Waals surface area contributed by atoms with E-state index >= 15 is 0 Å². The Balaban J connectivity index is 1.43. The molecule has 4 rings (SSSR count). The smallest absolute Gasteiger partial charge is 0.416 e. The molecule has 8 heteroatoms. The van der Waals surface area contributed by atoms with Crippen molar-refractivity contribution in [3.05, 3.63) is 52.7 Å². The fourth-order valence-corrected chi connectivity index (χ4v) is 5.07. The van der Waals surface area contributed by atoms with Gasteiger partial charge >= 0.3 is 6.18 Å². The Morgan fingerprint density at radius 1 is 1.29 bits per heavy atom. The van der Waals surface area contributed by atoms with Gasteiger partial charge in [0.1, 0.15) is 11.6 Å². The van der Waals surface area contributed by atoms with Crippen LogP contribution in [0.25, 0.3) is 0 Å². The Kier molecular flexibility index (Phi) is 5.90. The molecule has 4 nitrogen and oxygen atoms in total. The van der Waals surface area contributed by atoms with Crippen LogP contribution in [0.1, 0.15) is 50.2 Å². The molecule has 0 radical (unpaired) electrons. The second kappa shape index (κ2) is 8.34. The maximum Gasteiger partial charge on any atom is 0.416 e. The third-order valence-electron chi connectivity index (χ3n) is 6.70. The van der Waals surface area contributed by atoms with E-state index in [-0.39, 0.29) is 23.2 Å². The lowest BCUT2D eigenvalue weighted by atomic mass is 9.65. The molecule has 1 aliphatic heterocycles. The Hall–Kier alpha value is -2.28. The van der Waals surface area contributed by atoms with Gasteiger partial charge in [0.05, 0.1) is 17.2 Å². The Morgan fingerprint density at radius 2 is 2.03 bits per heavy atom. The fourth-order valence-electron chi connectivity index (χ4n) is 4.96. The van der Waals surface area contributed by atoms with Crippen LogP contribution in [0.3, 0.4) is 0 Å². The number of rotatable bonds is 4. The summed E-state index contributed by atoms with van der Waals surface area (Å²) in [5.41, 5.74) is -0.0834. The van der Waals surface area contributed by atoms with E-state index in [1.54, 1.807) is 18.2 Å². The minimum Gasteiger partial charge on any atom is -0.492 e. The molecule has 1 saturated carbocycles. The summed E-state index contributed by atoms with van der Waals surface area (Å²) in [6.07, 6.45) is 1.04. The topological polar surface area (TPSA) is 51.2 Å². The molecule has 0 bridgehead atoms. The summed E-state index contributed by atoms with van der Waals surface area (Å²) in [6.45, 7) is 2.39. The average Bonchev–Trinajstić information content (AvgIpc) is 3.09. The Bertz CT molecular complexity index is 954. The summed E-state index contributed by atoms with van der Waals surface area (Å²) in [5.74, 6) is 0.812. The van der Waals surface area contributed by atoms with Crippen LogP contribution < -0.4 is 10.1 Å². The molecule has 2 heterocycles. The summed E-state index contributed by atoms with van der Waals surface area (Å²) >= 11 is 5.84. The largest absolute Gasteiger partial charge is 0.492 e. The predicted molar refractivity (Wildman–Crippen MR) is 112 cm³/mol. The van der Waals surface area contributed by atoms with E-state index in [9.17, 15) is 18.0 Å². The summed E-state index contributed by atoms with van der Waals surface area (Å²) < 4.78 is 44.7. The summed E-state index contributed by atoms with van der Waals surface area (Å²) in [4.78, 5) is 17.0. The molecule has 1 spiro atoms. The van der Waals surface area contributed by atoms with E-state index in [1.165, 1.54) is 6.20 Å². The quantitative estimate of drug-likeness (QED) is 0.597.